The molecule has 1 aromatic heterocycles. The number of hydrogen-bond donors (Lipinski definition) is 0. The minimum Gasteiger partial charge on any atom is -0.256 e. The number of pyridine rings is 1. The molecule has 1 heterocycles. The Morgan fingerprint density at radius 1 is 1.41 bits per heavy atom. The largest absolute Gasteiger partial charge is 0.256 e. The number of nitrogens with zero attached hydrogens (tertiary/aromatic N) is 1. The zero-order valence-electron chi connectivity index (χ0n) is 10.2. The number of allylic oxidation sites excluding steroid dienone is 2. The fourth-order valence-electron chi connectivity index (χ4n) is 1.87. The van der Waals surface area contributed by atoms with Crippen molar-refractivity contribution in [1.82, 2.24) is 4.98 Å². The molecule has 0 saturated carbocycles. The molecule has 0 amide bonds. The van der Waals surface area contributed by atoms with Crippen molar-refractivity contribution in [3.05, 3.63) is 51.7 Å². The molecule has 0 N–H and O–H groups in total. The molecule has 0 aliphatic heterocycles. The number of benzene rings is 1. The van der Waals surface area contributed by atoms with Gasteiger partial charge in [-0.2, -0.15) is 0 Å². The maximum atomic E-state index is 4.40. The van der Waals surface area contributed by atoms with Crippen LogP contribution in [0.5, 0.6) is 0 Å². The van der Waals surface area contributed by atoms with Gasteiger partial charge in [0.25, 0.3) is 0 Å². The molecule has 0 saturated heterocycles. The van der Waals surface area contributed by atoms with Crippen LogP contribution in [0, 0.1) is 0 Å². The van der Waals surface area contributed by atoms with E-state index in [0.29, 0.717) is 5.92 Å². The minimum atomic E-state index is 0.547. The summed E-state index contributed by atoms with van der Waals surface area (Å²) in [6.07, 6.45) is 5.23. The van der Waals surface area contributed by atoms with Crippen LogP contribution in [0.2, 0.25) is 0 Å². The van der Waals surface area contributed by atoms with Gasteiger partial charge >= 0.3 is 0 Å². The lowest BCUT2D eigenvalue weighted by atomic mass is 9.96. The van der Waals surface area contributed by atoms with E-state index in [-0.39, 0.29) is 0 Å². The highest BCUT2D eigenvalue weighted by Crippen LogP contribution is 2.24. The third-order valence-corrected chi connectivity index (χ3v) is 3.39. The van der Waals surface area contributed by atoms with Crippen molar-refractivity contribution in [2.45, 2.75) is 26.2 Å². The first-order valence-corrected chi connectivity index (χ1v) is 6.91. The second kappa shape index (κ2) is 5.63. The van der Waals surface area contributed by atoms with Gasteiger partial charge in [-0.1, -0.05) is 31.2 Å². The summed E-state index contributed by atoms with van der Waals surface area (Å²) in [5.41, 5.74) is 2.46. The molecule has 0 radical (unpaired) electrons. The molecule has 0 aliphatic rings. The number of rotatable bonds is 3. The van der Waals surface area contributed by atoms with Crippen molar-refractivity contribution in [1.29, 1.82) is 0 Å². The van der Waals surface area contributed by atoms with Gasteiger partial charge in [0.15, 0.2) is 0 Å². The van der Waals surface area contributed by atoms with E-state index in [2.05, 4.69) is 71.8 Å². The molecule has 2 heteroatoms. The molecule has 0 spiro atoms. The van der Waals surface area contributed by atoms with Crippen molar-refractivity contribution in [2.24, 2.45) is 0 Å². The van der Waals surface area contributed by atoms with E-state index >= 15 is 0 Å². The molecule has 0 bridgehead atoms. The number of hydrogen-bond acceptors (Lipinski definition) is 1. The van der Waals surface area contributed by atoms with E-state index in [0.717, 1.165) is 11.9 Å². The van der Waals surface area contributed by atoms with Crippen molar-refractivity contribution in [2.75, 3.05) is 0 Å². The first kappa shape index (κ1) is 12.6. The van der Waals surface area contributed by atoms with E-state index in [9.17, 15) is 0 Å². The summed E-state index contributed by atoms with van der Waals surface area (Å²) in [5.74, 6) is 0.547. The average Bonchev–Trinajstić information content (AvgIpc) is 2.35. The zero-order chi connectivity index (χ0) is 12.3. The van der Waals surface area contributed by atoms with Gasteiger partial charge in [0, 0.05) is 11.6 Å². The molecule has 17 heavy (non-hydrogen) atoms. The van der Waals surface area contributed by atoms with Crippen molar-refractivity contribution < 1.29 is 0 Å². The molecule has 1 nitrogen and oxygen atoms in total. The summed E-state index contributed by atoms with van der Waals surface area (Å²) < 4.78 is 1.35. The standard InChI is InChI=1S/C15H16IN/c1-11(5-6-12(2)16)14-8-7-13-4-3-9-17-15(13)10-14/h3-4,6-11H,5H2,1-2H3/b12-6-/t11-/m0/s1. The lowest BCUT2D eigenvalue weighted by molar-refractivity contribution is 0.781. The number of halogens is 1. The second-order valence-corrected chi connectivity index (χ2v) is 6.08. The summed E-state index contributed by atoms with van der Waals surface area (Å²) in [4.78, 5) is 4.40. The molecular weight excluding hydrogens is 321 g/mol. The average molecular weight is 337 g/mol. The predicted octanol–water partition coefficient (Wildman–Crippen LogP) is 5.07. The first-order chi connectivity index (χ1) is 8.16. The van der Waals surface area contributed by atoms with Crippen LogP contribution in [-0.4, -0.2) is 4.98 Å². The maximum Gasteiger partial charge on any atom is 0.0704 e. The molecule has 1 aromatic carbocycles. The topological polar surface area (TPSA) is 12.9 Å². The Kier molecular flexibility index (Phi) is 4.15. The minimum absolute atomic E-state index is 0.547. The van der Waals surface area contributed by atoms with Gasteiger partial charge in [-0.3, -0.25) is 4.98 Å². The Bertz CT molecular complexity index is 541. The van der Waals surface area contributed by atoms with Crippen LogP contribution in [-0.2, 0) is 0 Å². The fraction of sp³-hybridized carbons (Fsp3) is 0.267. The normalized spacial score (nSPS) is 13.9. The lowest BCUT2D eigenvalue weighted by Crippen LogP contribution is -1.92. The third kappa shape index (κ3) is 3.28. The SMILES string of the molecule is C/C(I)=C/C[C@H](C)c1ccc2cccnc2c1. The Morgan fingerprint density at radius 2 is 2.24 bits per heavy atom. The fourth-order valence-corrected chi connectivity index (χ4v) is 2.12. The van der Waals surface area contributed by atoms with Gasteiger partial charge in [-0.05, 0) is 63.1 Å². The third-order valence-electron chi connectivity index (χ3n) is 2.95. The highest BCUT2D eigenvalue weighted by atomic mass is 127. The Morgan fingerprint density at radius 3 is 3.00 bits per heavy atom. The van der Waals surface area contributed by atoms with Gasteiger partial charge < -0.3 is 0 Å². The van der Waals surface area contributed by atoms with Crippen LogP contribution < -0.4 is 0 Å². The molecule has 0 unspecified atom stereocenters. The van der Waals surface area contributed by atoms with Crippen LogP contribution in [0.4, 0.5) is 0 Å². The lowest BCUT2D eigenvalue weighted by Gasteiger charge is -2.10. The highest BCUT2D eigenvalue weighted by Gasteiger charge is 2.05. The van der Waals surface area contributed by atoms with E-state index in [1.54, 1.807) is 0 Å². The van der Waals surface area contributed by atoms with Gasteiger partial charge in [0.1, 0.15) is 0 Å². The van der Waals surface area contributed by atoms with Crippen LogP contribution in [0.15, 0.2) is 46.2 Å². The highest BCUT2D eigenvalue weighted by molar-refractivity contribution is 14.1. The molecule has 1 atom stereocenters. The van der Waals surface area contributed by atoms with Crippen molar-refractivity contribution >= 4 is 33.5 Å². The van der Waals surface area contributed by atoms with Crippen molar-refractivity contribution in [3.8, 4) is 0 Å². The van der Waals surface area contributed by atoms with Gasteiger partial charge in [-0.25, -0.2) is 0 Å². The Balaban J connectivity index is 2.26. The van der Waals surface area contributed by atoms with E-state index in [4.69, 9.17) is 0 Å². The van der Waals surface area contributed by atoms with Crippen LogP contribution in [0.3, 0.4) is 0 Å². The van der Waals surface area contributed by atoms with Gasteiger partial charge in [-0.15, -0.1) is 0 Å². The quantitative estimate of drug-likeness (QED) is 0.713. The molecule has 0 aliphatic carbocycles. The van der Waals surface area contributed by atoms with E-state index < -0.39 is 0 Å². The van der Waals surface area contributed by atoms with Crippen LogP contribution >= 0.6 is 22.6 Å². The monoisotopic (exact) mass is 337 g/mol. The Labute approximate surface area is 116 Å². The Hall–Kier alpha value is -0.900. The molecule has 2 rings (SSSR count). The van der Waals surface area contributed by atoms with E-state index in [1.165, 1.54) is 14.5 Å². The smallest absolute Gasteiger partial charge is 0.0704 e. The second-order valence-electron chi connectivity index (χ2n) is 4.38. The summed E-state index contributed by atoms with van der Waals surface area (Å²) in [7, 11) is 0. The predicted molar refractivity (Wildman–Crippen MR) is 82.6 cm³/mol. The first-order valence-electron chi connectivity index (χ1n) is 5.84. The number of fused-ring (bicyclic) bond motifs is 1. The van der Waals surface area contributed by atoms with Crippen molar-refractivity contribution in [3.63, 3.8) is 0 Å². The summed E-state index contributed by atoms with van der Waals surface area (Å²) in [5, 5.41) is 1.21. The molecular formula is C15H16IN. The van der Waals surface area contributed by atoms with Gasteiger partial charge in [0.2, 0.25) is 0 Å². The van der Waals surface area contributed by atoms with Gasteiger partial charge in [0.05, 0.1) is 5.52 Å². The summed E-state index contributed by atoms with van der Waals surface area (Å²) in [6, 6.07) is 10.7. The zero-order valence-corrected chi connectivity index (χ0v) is 12.3. The van der Waals surface area contributed by atoms with Crippen LogP contribution in [0.25, 0.3) is 10.9 Å². The summed E-state index contributed by atoms with van der Waals surface area (Å²) in [6.45, 7) is 4.40. The maximum absolute atomic E-state index is 4.40. The molecule has 2 aromatic rings. The molecule has 0 fully saturated rings. The molecule has 88 valence electrons. The number of aromatic nitrogens is 1. The van der Waals surface area contributed by atoms with Crippen LogP contribution in [0.1, 0.15) is 31.7 Å². The summed E-state index contributed by atoms with van der Waals surface area (Å²) >= 11 is 2.36. The van der Waals surface area contributed by atoms with E-state index in [1.807, 2.05) is 12.3 Å².